The molecule has 2 aromatic rings. The number of hydrogen-bond acceptors (Lipinski definition) is 2. The van der Waals surface area contributed by atoms with Gasteiger partial charge in [0.05, 0.1) is 27.9 Å². The number of carbonyl (C=O) groups is 1. The summed E-state index contributed by atoms with van der Waals surface area (Å²) in [6.07, 6.45) is 0.967. The maximum absolute atomic E-state index is 12.4. The zero-order chi connectivity index (χ0) is 15.6. The number of halogens is 3. The summed E-state index contributed by atoms with van der Waals surface area (Å²) < 4.78 is 2.56. The lowest BCUT2D eigenvalue weighted by molar-refractivity contribution is 0.0990. The van der Waals surface area contributed by atoms with Crippen molar-refractivity contribution >= 4 is 44.9 Å². The van der Waals surface area contributed by atoms with Gasteiger partial charge in [-0.3, -0.25) is 9.48 Å². The molecule has 0 aliphatic heterocycles. The first kappa shape index (κ1) is 16.5. The number of aromatic nitrogens is 2. The molecule has 0 atom stereocenters. The van der Waals surface area contributed by atoms with Crippen molar-refractivity contribution in [3.05, 3.63) is 49.7 Å². The Morgan fingerprint density at radius 1 is 1.33 bits per heavy atom. The lowest BCUT2D eigenvalue weighted by atomic mass is 10.1. The summed E-state index contributed by atoms with van der Waals surface area (Å²) in [5, 5.41) is 5.54. The van der Waals surface area contributed by atoms with Gasteiger partial charge in [0.15, 0.2) is 5.78 Å². The van der Waals surface area contributed by atoms with Crippen molar-refractivity contribution in [3.63, 3.8) is 0 Å². The summed E-state index contributed by atoms with van der Waals surface area (Å²) in [6, 6.07) is 5.18. The average Bonchev–Trinajstić information content (AvgIpc) is 2.78. The van der Waals surface area contributed by atoms with E-state index < -0.39 is 0 Å². The second-order valence-corrected chi connectivity index (χ2v) is 6.25. The first-order valence-electron chi connectivity index (χ1n) is 6.70. The number of ketones is 1. The van der Waals surface area contributed by atoms with Crippen molar-refractivity contribution in [1.29, 1.82) is 0 Å². The van der Waals surface area contributed by atoms with Gasteiger partial charge in [-0.15, -0.1) is 0 Å². The molecule has 6 heteroatoms. The van der Waals surface area contributed by atoms with Crippen LogP contribution in [0.3, 0.4) is 0 Å². The molecule has 21 heavy (non-hydrogen) atoms. The number of nitrogens with zero attached hydrogens (tertiary/aromatic N) is 2. The maximum Gasteiger partial charge on any atom is 0.168 e. The fourth-order valence-corrected chi connectivity index (χ4v) is 2.87. The summed E-state index contributed by atoms with van der Waals surface area (Å²) in [6.45, 7) is 4.66. The summed E-state index contributed by atoms with van der Waals surface area (Å²) in [5.41, 5.74) is 2.16. The smallest absolute Gasteiger partial charge is 0.168 e. The third-order valence-electron chi connectivity index (χ3n) is 3.26. The van der Waals surface area contributed by atoms with Crippen LogP contribution in [0.15, 0.2) is 22.7 Å². The minimum atomic E-state index is -0.0245. The normalized spacial score (nSPS) is 10.9. The summed E-state index contributed by atoms with van der Waals surface area (Å²) in [5.74, 6) is -0.0245. The van der Waals surface area contributed by atoms with Crippen molar-refractivity contribution in [1.82, 2.24) is 9.78 Å². The van der Waals surface area contributed by atoms with E-state index in [4.69, 9.17) is 23.2 Å². The van der Waals surface area contributed by atoms with Crippen molar-refractivity contribution < 1.29 is 4.79 Å². The van der Waals surface area contributed by atoms with Gasteiger partial charge in [0.25, 0.3) is 0 Å². The van der Waals surface area contributed by atoms with Gasteiger partial charge in [0, 0.05) is 16.6 Å². The summed E-state index contributed by atoms with van der Waals surface area (Å²) >= 11 is 15.7. The van der Waals surface area contributed by atoms with Crippen LogP contribution >= 0.6 is 39.1 Å². The van der Waals surface area contributed by atoms with Gasteiger partial charge in [-0.2, -0.15) is 5.10 Å². The molecule has 0 radical (unpaired) electrons. The molecule has 0 spiro atoms. The zero-order valence-corrected chi connectivity index (χ0v) is 14.9. The molecule has 0 bridgehead atoms. The molecule has 0 saturated carbocycles. The first-order valence-corrected chi connectivity index (χ1v) is 8.25. The lowest BCUT2D eigenvalue weighted by Crippen LogP contribution is -2.10. The van der Waals surface area contributed by atoms with E-state index in [0.29, 0.717) is 22.2 Å². The number of aryl methyl sites for hydroxylation is 2. The Morgan fingerprint density at radius 3 is 2.62 bits per heavy atom. The molecule has 0 saturated heterocycles. The molecule has 112 valence electrons. The predicted molar refractivity (Wildman–Crippen MR) is 89.5 cm³/mol. The van der Waals surface area contributed by atoms with Gasteiger partial charge in [0.2, 0.25) is 0 Å². The Balaban J connectivity index is 2.31. The van der Waals surface area contributed by atoms with Gasteiger partial charge in [0.1, 0.15) is 0 Å². The molecule has 1 aromatic heterocycles. The lowest BCUT2D eigenvalue weighted by Gasteiger charge is -2.06. The van der Waals surface area contributed by atoms with Crippen LogP contribution in [0.1, 0.15) is 35.6 Å². The van der Waals surface area contributed by atoms with Gasteiger partial charge in [-0.1, -0.05) is 36.2 Å². The number of Topliss-reactive ketones (excluding diaryl/α,β-unsaturated/α-hetero) is 1. The molecule has 0 aliphatic carbocycles. The Bertz CT molecular complexity index is 683. The van der Waals surface area contributed by atoms with E-state index in [0.717, 1.165) is 22.3 Å². The molecule has 3 nitrogen and oxygen atoms in total. The fraction of sp³-hybridized carbons (Fsp3) is 0.333. The Morgan fingerprint density at radius 2 is 2.05 bits per heavy atom. The van der Waals surface area contributed by atoms with E-state index in [1.807, 2.05) is 13.8 Å². The van der Waals surface area contributed by atoms with Crippen LogP contribution in [0.25, 0.3) is 0 Å². The third kappa shape index (κ3) is 3.50. The molecule has 1 heterocycles. The maximum atomic E-state index is 12.4. The van der Waals surface area contributed by atoms with Crippen LogP contribution < -0.4 is 0 Å². The Kier molecular flexibility index (Phi) is 5.47. The Labute approximate surface area is 142 Å². The molecule has 1 aromatic carbocycles. The number of hydrogen-bond donors (Lipinski definition) is 0. The van der Waals surface area contributed by atoms with E-state index in [9.17, 15) is 4.79 Å². The van der Waals surface area contributed by atoms with E-state index >= 15 is 0 Å². The van der Waals surface area contributed by atoms with Gasteiger partial charge < -0.3 is 0 Å². The van der Waals surface area contributed by atoms with E-state index in [-0.39, 0.29) is 12.2 Å². The monoisotopic (exact) mass is 388 g/mol. The second-order valence-electron chi connectivity index (χ2n) is 4.61. The van der Waals surface area contributed by atoms with Crippen LogP contribution in [0.2, 0.25) is 10.0 Å². The van der Waals surface area contributed by atoms with Crippen LogP contribution in [0.5, 0.6) is 0 Å². The number of benzene rings is 1. The van der Waals surface area contributed by atoms with Crippen molar-refractivity contribution in [3.8, 4) is 0 Å². The summed E-state index contributed by atoms with van der Waals surface area (Å²) in [4.78, 5) is 12.4. The average molecular weight is 390 g/mol. The van der Waals surface area contributed by atoms with Crippen LogP contribution in [-0.2, 0) is 19.4 Å². The van der Waals surface area contributed by atoms with Crippen molar-refractivity contribution in [2.45, 2.75) is 33.2 Å². The summed E-state index contributed by atoms with van der Waals surface area (Å²) in [7, 11) is 0. The van der Waals surface area contributed by atoms with Gasteiger partial charge >= 0.3 is 0 Å². The molecular weight excluding hydrogens is 375 g/mol. The molecule has 0 N–H and O–H groups in total. The number of rotatable bonds is 5. The highest BCUT2D eigenvalue weighted by molar-refractivity contribution is 9.10. The van der Waals surface area contributed by atoms with Gasteiger partial charge in [-0.05, 0) is 41.4 Å². The van der Waals surface area contributed by atoms with Crippen molar-refractivity contribution in [2.75, 3.05) is 0 Å². The SMILES string of the molecule is CCc1nn(CC)c(CC(=O)c2ccc(Br)c(Cl)c2)c1Cl. The largest absolute Gasteiger partial charge is 0.294 e. The van der Waals surface area contributed by atoms with Gasteiger partial charge in [-0.25, -0.2) is 0 Å². The Hall–Kier alpha value is -0.840. The number of carbonyl (C=O) groups excluding carboxylic acids is 1. The van der Waals surface area contributed by atoms with E-state index in [1.54, 1.807) is 22.9 Å². The van der Waals surface area contributed by atoms with Crippen molar-refractivity contribution in [2.24, 2.45) is 0 Å². The first-order chi connectivity index (χ1) is 9.97. The standard InChI is InChI=1S/C15H15BrCl2N2O/c1-3-12-15(18)13(20(4-2)19-12)8-14(21)9-5-6-10(16)11(17)7-9/h5-7H,3-4,8H2,1-2H3. The zero-order valence-electron chi connectivity index (χ0n) is 11.8. The minimum Gasteiger partial charge on any atom is -0.294 e. The molecule has 2 rings (SSSR count). The predicted octanol–water partition coefficient (Wildman–Crippen LogP) is 4.96. The molecular formula is C15H15BrCl2N2O. The third-order valence-corrected chi connectivity index (χ3v) is 4.93. The highest BCUT2D eigenvalue weighted by atomic mass is 79.9. The van der Waals surface area contributed by atoms with Crippen LogP contribution in [0, 0.1) is 0 Å². The topological polar surface area (TPSA) is 34.9 Å². The highest BCUT2D eigenvalue weighted by Gasteiger charge is 2.18. The minimum absolute atomic E-state index is 0.0245. The molecule has 0 unspecified atom stereocenters. The molecule has 0 fully saturated rings. The van der Waals surface area contributed by atoms with E-state index in [2.05, 4.69) is 21.0 Å². The van der Waals surface area contributed by atoms with Crippen LogP contribution in [0.4, 0.5) is 0 Å². The fourth-order valence-electron chi connectivity index (χ4n) is 2.11. The second kappa shape index (κ2) is 6.95. The molecule has 0 aliphatic rings. The van der Waals surface area contributed by atoms with Crippen LogP contribution in [-0.4, -0.2) is 15.6 Å². The molecule has 0 amide bonds. The van der Waals surface area contributed by atoms with E-state index in [1.165, 1.54) is 0 Å². The highest BCUT2D eigenvalue weighted by Crippen LogP contribution is 2.26. The quantitative estimate of drug-likeness (QED) is 0.677.